The number of benzene rings is 1. The van der Waals surface area contributed by atoms with Crippen molar-refractivity contribution in [3.63, 3.8) is 0 Å². The third-order valence-corrected chi connectivity index (χ3v) is 7.73. The monoisotopic (exact) mass is 388 g/mol. The molecule has 0 heterocycles. The Bertz CT molecular complexity index is 754. The molecule has 6 rings (SSSR count). The van der Waals surface area contributed by atoms with E-state index in [1.165, 1.54) is 50.7 Å². The molecule has 28 heavy (non-hydrogen) atoms. The summed E-state index contributed by atoms with van der Waals surface area (Å²) >= 11 is 0. The lowest BCUT2D eigenvalue weighted by molar-refractivity contribution is -0.0747. The Kier molecular flexibility index (Phi) is 4.42. The number of aromatic carboxylic acids is 1. The van der Waals surface area contributed by atoms with Gasteiger partial charge in [-0.25, -0.2) is 9.18 Å². The lowest BCUT2D eigenvalue weighted by Crippen LogP contribution is -2.48. The summed E-state index contributed by atoms with van der Waals surface area (Å²) in [5, 5.41) is 9.33. The molecule has 5 aliphatic rings. The smallest absolute Gasteiger partial charge is 0.338 e. The molecule has 5 heteroatoms. The fraction of sp³-hybridized carbons (Fsp3) is 0.696. The number of ether oxygens (including phenoxy) is 2. The van der Waals surface area contributed by atoms with Gasteiger partial charge in [-0.15, -0.1) is 0 Å². The van der Waals surface area contributed by atoms with Crippen LogP contribution in [-0.2, 0) is 4.74 Å². The molecule has 4 nitrogen and oxygen atoms in total. The topological polar surface area (TPSA) is 55.8 Å². The molecular weight excluding hydrogens is 359 g/mol. The van der Waals surface area contributed by atoms with Crippen LogP contribution in [-0.4, -0.2) is 31.4 Å². The molecule has 2 unspecified atom stereocenters. The van der Waals surface area contributed by atoms with E-state index in [0.29, 0.717) is 24.9 Å². The molecular formula is C23H29FO4. The maximum atomic E-state index is 14.4. The molecule has 0 saturated heterocycles. The number of carboxylic acid groups (broad SMARTS) is 1. The molecule has 0 spiro atoms. The largest absolute Gasteiger partial charge is 0.493 e. The van der Waals surface area contributed by atoms with Crippen LogP contribution >= 0.6 is 0 Å². The number of methoxy groups -OCH3 is 1. The van der Waals surface area contributed by atoms with Gasteiger partial charge in [-0.2, -0.15) is 0 Å². The first-order chi connectivity index (χ1) is 13.5. The summed E-state index contributed by atoms with van der Waals surface area (Å²) in [6.45, 7) is 1.27. The van der Waals surface area contributed by atoms with E-state index in [4.69, 9.17) is 9.47 Å². The summed E-state index contributed by atoms with van der Waals surface area (Å²) in [6.07, 6.45) is 8.79. The predicted molar refractivity (Wildman–Crippen MR) is 102 cm³/mol. The van der Waals surface area contributed by atoms with Crippen LogP contribution in [0.4, 0.5) is 4.39 Å². The first kappa shape index (κ1) is 18.4. The zero-order valence-corrected chi connectivity index (χ0v) is 16.5. The number of hydrogen-bond acceptors (Lipinski definition) is 3. The Labute approximate surface area is 165 Å². The van der Waals surface area contributed by atoms with Crippen LogP contribution in [0.5, 0.6) is 5.75 Å². The van der Waals surface area contributed by atoms with E-state index < -0.39 is 11.8 Å². The Balaban J connectivity index is 1.38. The minimum Gasteiger partial charge on any atom is -0.493 e. The van der Waals surface area contributed by atoms with Crippen molar-refractivity contribution in [2.24, 2.45) is 29.1 Å². The van der Waals surface area contributed by atoms with Crippen molar-refractivity contribution >= 4 is 5.97 Å². The van der Waals surface area contributed by atoms with Gasteiger partial charge in [-0.1, -0.05) is 0 Å². The fourth-order valence-electron chi connectivity index (χ4n) is 6.87. The van der Waals surface area contributed by atoms with Gasteiger partial charge in [0.1, 0.15) is 11.6 Å². The highest BCUT2D eigenvalue weighted by Gasteiger charge is 2.51. The van der Waals surface area contributed by atoms with Crippen LogP contribution in [0.3, 0.4) is 0 Å². The number of carboxylic acids is 1. The second-order valence-electron chi connectivity index (χ2n) is 9.94. The first-order valence-electron chi connectivity index (χ1n) is 10.6. The Morgan fingerprint density at radius 1 is 1.14 bits per heavy atom. The quantitative estimate of drug-likeness (QED) is 0.724. The molecule has 4 bridgehead atoms. The van der Waals surface area contributed by atoms with E-state index in [-0.39, 0.29) is 16.9 Å². The molecule has 1 aromatic carbocycles. The molecule has 1 N–H and O–H groups in total. The molecule has 2 atom stereocenters. The van der Waals surface area contributed by atoms with Gasteiger partial charge >= 0.3 is 5.97 Å². The zero-order valence-electron chi connectivity index (χ0n) is 16.5. The van der Waals surface area contributed by atoms with Crippen LogP contribution in [0.2, 0.25) is 0 Å². The van der Waals surface area contributed by atoms with Crippen molar-refractivity contribution in [2.75, 3.05) is 20.3 Å². The summed E-state index contributed by atoms with van der Waals surface area (Å²) in [7, 11) is 1.67. The second kappa shape index (κ2) is 6.72. The van der Waals surface area contributed by atoms with Gasteiger partial charge in [0.05, 0.1) is 12.2 Å². The second-order valence-corrected chi connectivity index (χ2v) is 9.94. The van der Waals surface area contributed by atoms with Gasteiger partial charge in [-0.05, 0) is 86.2 Å². The summed E-state index contributed by atoms with van der Waals surface area (Å²) in [5.41, 5.74) is 0.814. The minimum absolute atomic E-state index is 0.199. The number of carbonyl (C=O) groups is 1. The molecule has 1 aromatic rings. The van der Waals surface area contributed by atoms with Crippen LogP contribution < -0.4 is 4.74 Å². The minimum atomic E-state index is -1.23. The van der Waals surface area contributed by atoms with Gasteiger partial charge in [0.25, 0.3) is 0 Å². The van der Waals surface area contributed by atoms with Crippen molar-refractivity contribution in [1.29, 1.82) is 0 Å². The summed E-state index contributed by atoms with van der Waals surface area (Å²) < 4.78 is 26.0. The standard InChI is InChI=1S/C23H29FO4/c1-27-11-16-5-17(16)18-6-19(22(25)26)20(24)7-21(18)28-12-23-8-13-2-14(9-23)4-15(3-13)10-23/h6-7,13-17H,2-5,8-12H2,1H3,(H,25,26). The molecule has 5 saturated carbocycles. The highest BCUT2D eigenvalue weighted by Crippen LogP contribution is 2.60. The SMILES string of the molecule is COCC1CC1c1cc(C(=O)O)c(F)cc1OCC12CC3CC(CC(C3)C1)C2. The Morgan fingerprint density at radius 2 is 1.79 bits per heavy atom. The Hall–Kier alpha value is -1.62. The van der Waals surface area contributed by atoms with Crippen LogP contribution in [0, 0.1) is 34.9 Å². The van der Waals surface area contributed by atoms with E-state index in [0.717, 1.165) is 29.7 Å². The maximum Gasteiger partial charge on any atom is 0.338 e. The third-order valence-electron chi connectivity index (χ3n) is 7.73. The predicted octanol–water partition coefficient (Wildman–Crippen LogP) is 4.87. The zero-order chi connectivity index (χ0) is 19.5. The van der Waals surface area contributed by atoms with E-state index in [9.17, 15) is 14.3 Å². The van der Waals surface area contributed by atoms with Crippen LogP contribution in [0.25, 0.3) is 0 Å². The highest BCUT2D eigenvalue weighted by molar-refractivity contribution is 5.88. The van der Waals surface area contributed by atoms with E-state index in [1.807, 2.05) is 0 Å². The van der Waals surface area contributed by atoms with Gasteiger partial charge in [0.2, 0.25) is 0 Å². The van der Waals surface area contributed by atoms with Gasteiger partial charge in [-0.3, -0.25) is 0 Å². The number of halogens is 1. The van der Waals surface area contributed by atoms with E-state index >= 15 is 0 Å². The van der Waals surface area contributed by atoms with Crippen molar-refractivity contribution in [2.45, 2.75) is 50.9 Å². The third kappa shape index (κ3) is 3.22. The van der Waals surface area contributed by atoms with Crippen LogP contribution in [0.15, 0.2) is 12.1 Å². The van der Waals surface area contributed by atoms with Gasteiger partial charge in [0, 0.05) is 25.2 Å². The fourth-order valence-corrected chi connectivity index (χ4v) is 6.87. The molecule has 0 aromatic heterocycles. The van der Waals surface area contributed by atoms with Crippen molar-refractivity contribution in [1.82, 2.24) is 0 Å². The lowest BCUT2D eigenvalue weighted by atomic mass is 9.50. The summed E-state index contributed by atoms with van der Waals surface area (Å²) in [6, 6.07) is 2.80. The van der Waals surface area contributed by atoms with Crippen molar-refractivity contribution < 1.29 is 23.8 Å². The molecule has 0 amide bonds. The molecule has 5 fully saturated rings. The Morgan fingerprint density at radius 3 is 2.36 bits per heavy atom. The molecule has 0 radical (unpaired) electrons. The van der Waals surface area contributed by atoms with Crippen molar-refractivity contribution in [3.8, 4) is 5.75 Å². The highest BCUT2D eigenvalue weighted by atomic mass is 19.1. The van der Waals surface area contributed by atoms with Gasteiger partial charge < -0.3 is 14.6 Å². The van der Waals surface area contributed by atoms with E-state index in [1.54, 1.807) is 7.11 Å². The number of rotatable bonds is 7. The molecule has 5 aliphatic carbocycles. The average Bonchev–Trinajstić information content (AvgIpc) is 3.38. The normalized spacial score (nSPS) is 37.9. The lowest BCUT2D eigenvalue weighted by Gasteiger charge is -2.56. The van der Waals surface area contributed by atoms with Crippen molar-refractivity contribution in [3.05, 3.63) is 29.1 Å². The van der Waals surface area contributed by atoms with Crippen LogP contribution in [0.1, 0.15) is 66.8 Å². The maximum absolute atomic E-state index is 14.4. The average molecular weight is 388 g/mol. The molecule has 152 valence electrons. The summed E-state index contributed by atoms with van der Waals surface area (Å²) in [5.74, 6) is 1.70. The summed E-state index contributed by atoms with van der Waals surface area (Å²) in [4.78, 5) is 11.4. The van der Waals surface area contributed by atoms with Gasteiger partial charge in [0.15, 0.2) is 0 Å². The first-order valence-corrected chi connectivity index (χ1v) is 10.6. The van der Waals surface area contributed by atoms with E-state index in [2.05, 4.69) is 0 Å². The molecule has 0 aliphatic heterocycles. The number of hydrogen-bond donors (Lipinski definition) is 1.